The van der Waals surface area contributed by atoms with Gasteiger partial charge in [0.15, 0.2) is 5.16 Å². The first kappa shape index (κ1) is 13.5. The topological polar surface area (TPSA) is 55.1 Å². The Balaban J connectivity index is 2.10. The molecule has 100 valence electrons. The Kier molecular flexibility index (Phi) is 3.71. The Bertz CT molecular complexity index is 454. The van der Waals surface area contributed by atoms with Gasteiger partial charge in [0.05, 0.1) is 5.75 Å². The highest BCUT2D eigenvalue weighted by atomic mass is 32.2. The van der Waals surface area contributed by atoms with Gasteiger partial charge in [0.25, 0.3) is 0 Å². The van der Waals surface area contributed by atoms with Gasteiger partial charge < -0.3 is 9.67 Å². The molecule has 0 aromatic carbocycles. The smallest absolute Gasteiger partial charge is 0.313 e. The molecule has 1 unspecified atom stereocenters. The maximum absolute atomic E-state index is 10.6. The number of rotatable bonds is 6. The molecule has 1 N–H and O–H groups in total. The molecule has 1 atom stereocenters. The molecule has 18 heavy (non-hydrogen) atoms. The summed E-state index contributed by atoms with van der Waals surface area (Å²) in [5.74, 6) is -0.0191. The molecule has 1 saturated carbocycles. The first-order valence-corrected chi connectivity index (χ1v) is 7.31. The van der Waals surface area contributed by atoms with E-state index in [4.69, 9.17) is 5.11 Å². The second-order valence-electron chi connectivity index (χ2n) is 5.57. The number of hydrogen-bond acceptors (Lipinski definition) is 3. The lowest BCUT2D eigenvalue weighted by Gasteiger charge is -2.11. The number of nitrogens with zero attached hydrogens (tertiary/aromatic N) is 2. The molecule has 1 aliphatic rings. The van der Waals surface area contributed by atoms with Crippen molar-refractivity contribution < 1.29 is 9.90 Å². The van der Waals surface area contributed by atoms with Gasteiger partial charge >= 0.3 is 5.97 Å². The molecule has 0 radical (unpaired) electrons. The number of hydrogen-bond donors (Lipinski definition) is 1. The van der Waals surface area contributed by atoms with Crippen molar-refractivity contribution in [3.05, 3.63) is 11.9 Å². The van der Waals surface area contributed by atoms with Gasteiger partial charge in [-0.15, -0.1) is 0 Å². The van der Waals surface area contributed by atoms with E-state index in [2.05, 4.69) is 30.3 Å². The number of aromatic nitrogens is 2. The molecule has 0 amide bonds. The minimum Gasteiger partial charge on any atom is -0.481 e. The zero-order chi connectivity index (χ0) is 13.3. The SMILES string of the molecule is CCc1cnc(SCC(=O)O)n1CC1CC1(C)C. The van der Waals surface area contributed by atoms with E-state index in [0.717, 1.165) is 18.1 Å². The van der Waals surface area contributed by atoms with E-state index < -0.39 is 5.97 Å². The third-order valence-electron chi connectivity index (χ3n) is 3.71. The summed E-state index contributed by atoms with van der Waals surface area (Å²) in [5, 5.41) is 9.59. The number of aliphatic carboxylic acids is 1. The first-order chi connectivity index (χ1) is 8.44. The lowest BCUT2D eigenvalue weighted by Crippen LogP contribution is -2.09. The third-order valence-corrected chi connectivity index (χ3v) is 4.68. The van der Waals surface area contributed by atoms with Gasteiger partial charge in [-0.25, -0.2) is 4.98 Å². The summed E-state index contributed by atoms with van der Waals surface area (Å²) in [5.41, 5.74) is 1.63. The highest BCUT2D eigenvalue weighted by Crippen LogP contribution is 2.52. The zero-order valence-corrected chi connectivity index (χ0v) is 12.0. The van der Waals surface area contributed by atoms with E-state index in [9.17, 15) is 4.79 Å². The van der Waals surface area contributed by atoms with Gasteiger partial charge in [0, 0.05) is 18.4 Å². The Hall–Kier alpha value is -0.970. The fourth-order valence-electron chi connectivity index (χ4n) is 2.22. The Morgan fingerprint density at radius 1 is 1.67 bits per heavy atom. The van der Waals surface area contributed by atoms with Crippen LogP contribution in [0.5, 0.6) is 0 Å². The number of thioether (sulfide) groups is 1. The van der Waals surface area contributed by atoms with Crippen LogP contribution >= 0.6 is 11.8 Å². The first-order valence-electron chi connectivity index (χ1n) is 6.33. The van der Waals surface area contributed by atoms with Gasteiger partial charge in [-0.05, 0) is 24.2 Å². The molecule has 1 aromatic rings. The van der Waals surface area contributed by atoms with E-state index >= 15 is 0 Å². The highest BCUT2D eigenvalue weighted by Gasteiger charge is 2.45. The maximum Gasteiger partial charge on any atom is 0.313 e. The number of imidazole rings is 1. The summed E-state index contributed by atoms with van der Waals surface area (Å²) in [4.78, 5) is 15.0. The Labute approximate surface area is 112 Å². The van der Waals surface area contributed by atoms with Crippen molar-refractivity contribution in [1.82, 2.24) is 9.55 Å². The van der Waals surface area contributed by atoms with Crippen LogP contribution in [0.3, 0.4) is 0 Å². The van der Waals surface area contributed by atoms with Gasteiger partial charge in [0.1, 0.15) is 0 Å². The van der Waals surface area contributed by atoms with Crippen molar-refractivity contribution in [3.63, 3.8) is 0 Å². The van der Waals surface area contributed by atoms with Crippen LogP contribution in [0.2, 0.25) is 0 Å². The van der Waals surface area contributed by atoms with Gasteiger partial charge in [-0.2, -0.15) is 0 Å². The monoisotopic (exact) mass is 268 g/mol. The molecule has 5 heteroatoms. The van der Waals surface area contributed by atoms with Crippen LogP contribution in [0.1, 0.15) is 32.9 Å². The fourth-order valence-corrected chi connectivity index (χ4v) is 2.95. The van der Waals surface area contributed by atoms with Crippen molar-refractivity contribution in [2.75, 3.05) is 5.75 Å². The number of carboxylic acids is 1. The summed E-state index contributed by atoms with van der Waals surface area (Å²) in [6.45, 7) is 7.64. The molecular formula is C13H20N2O2S. The molecule has 1 aromatic heterocycles. The van der Waals surface area contributed by atoms with E-state index in [1.165, 1.54) is 23.9 Å². The Morgan fingerprint density at radius 3 is 2.83 bits per heavy atom. The molecular weight excluding hydrogens is 248 g/mol. The second kappa shape index (κ2) is 4.96. The summed E-state index contributed by atoms with van der Waals surface area (Å²) in [6, 6.07) is 0. The molecule has 1 heterocycles. The van der Waals surface area contributed by atoms with Crippen LogP contribution in [0, 0.1) is 11.3 Å². The lowest BCUT2D eigenvalue weighted by molar-refractivity contribution is -0.133. The molecule has 1 fully saturated rings. The molecule has 4 nitrogen and oxygen atoms in total. The van der Waals surface area contributed by atoms with Crippen LogP contribution in [0.4, 0.5) is 0 Å². The van der Waals surface area contributed by atoms with Crippen molar-refractivity contribution in [2.24, 2.45) is 11.3 Å². The summed E-state index contributed by atoms with van der Waals surface area (Å²) in [7, 11) is 0. The third kappa shape index (κ3) is 2.88. The normalized spacial score (nSPS) is 20.9. The number of aryl methyl sites for hydroxylation is 1. The van der Waals surface area contributed by atoms with Crippen molar-refractivity contribution in [3.8, 4) is 0 Å². The highest BCUT2D eigenvalue weighted by molar-refractivity contribution is 7.99. The predicted molar refractivity (Wildman–Crippen MR) is 71.9 cm³/mol. The van der Waals surface area contributed by atoms with E-state index in [1.54, 1.807) is 0 Å². The molecule has 0 saturated heterocycles. The van der Waals surface area contributed by atoms with Gasteiger partial charge in [-0.3, -0.25) is 4.79 Å². The molecule has 0 aliphatic heterocycles. The quantitative estimate of drug-likeness (QED) is 0.806. The predicted octanol–water partition coefficient (Wildman–Crippen LogP) is 2.67. The van der Waals surface area contributed by atoms with Crippen molar-refractivity contribution in [2.45, 2.75) is 45.3 Å². The fraction of sp³-hybridized carbons (Fsp3) is 0.692. The van der Waals surface area contributed by atoms with Crippen LogP contribution in [0.15, 0.2) is 11.4 Å². The maximum atomic E-state index is 10.6. The number of carbonyl (C=O) groups is 1. The molecule has 2 rings (SSSR count). The zero-order valence-electron chi connectivity index (χ0n) is 11.1. The van der Waals surface area contributed by atoms with Gasteiger partial charge in [0.2, 0.25) is 0 Å². The summed E-state index contributed by atoms with van der Waals surface area (Å²) < 4.78 is 2.20. The summed E-state index contributed by atoms with van der Waals surface area (Å²) >= 11 is 1.31. The number of carboxylic acid groups (broad SMARTS) is 1. The standard InChI is InChI=1S/C13H20N2O2S/c1-4-10-6-14-12(18-8-11(16)17)15(10)7-9-5-13(9,2)3/h6,9H,4-5,7-8H2,1-3H3,(H,16,17). The van der Waals surface area contributed by atoms with Gasteiger partial charge in [-0.1, -0.05) is 32.5 Å². The van der Waals surface area contributed by atoms with Crippen LogP contribution in [-0.4, -0.2) is 26.4 Å². The minimum absolute atomic E-state index is 0.0776. The molecule has 0 spiro atoms. The summed E-state index contributed by atoms with van der Waals surface area (Å²) in [6.07, 6.45) is 4.06. The van der Waals surface area contributed by atoms with E-state index in [1.807, 2.05) is 6.20 Å². The molecule has 0 bridgehead atoms. The van der Waals surface area contributed by atoms with E-state index in [-0.39, 0.29) is 5.75 Å². The average molecular weight is 268 g/mol. The lowest BCUT2D eigenvalue weighted by atomic mass is 10.1. The van der Waals surface area contributed by atoms with E-state index in [0.29, 0.717) is 11.3 Å². The Morgan fingerprint density at radius 2 is 2.33 bits per heavy atom. The molecule has 1 aliphatic carbocycles. The van der Waals surface area contributed by atoms with Crippen molar-refractivity contribution >= 4 is 17.7 Å². The van der Waals surface area contributed by atoms with Crippen LogP contribution < -0.4 is 0 Å². The largest absolute Gasteiger partial charge is 0.481 e. The second-order valence-corrected chi connectivity index (χ2v) is 6.51. The van der Waals surface area contributed by atoms with Crippen LogP contribution in [0.25, 0.3) is 0 Å². The minimum atomic E-state index is -0.792. The average Bonchev–Trinajstić information content (AvgIpc) is 2.72. The van der Waals surface area contributed by atoms with Crippen LogP contribution in [-0.2, 0) is 17.8 Å². The van der Waals surface area contributed by atoms with Crippen molar-refractivity contribution in [1.29, 1.82) is 0 Å².